The van der Waals surface area contributed by atoms with Gasteiger partial charge in [0.15, 0.2) is 0 Å². The summed E-state index contributed by atoms with van der Waals surface area (Å²) in [7, 11) is 0. The van der Waals surface area contributed by atoms with Crippen molar-refractivity contribution in [3.05, 3.63) is 123 Å². The van der Waals surface area contributed by atoms with Crippen LogP contribution in [0.3, 0.4) is 0 Å². The van der Waals surface area contributed by atoms with Crippen LogP contribution in [-0.4, -0.2) is 27.4 Å². The van der Waals surface area contributed by atoms with Crippen LogP contribution < -0.4 is 10.9 Å². The van der Waals surface area contributed by atoms with Crippen molar-refractivity contribution in [3.63, 3.8) is 0 Å². The average molecular weight is 519 g/mol. The van der Waals surface area contributed by atoms with Crippen LogP contribution in [0.4, 0.5) is 8.78 Å². The van der Waals surface area contributed by atoms with Gasteiger partial charge in [-0.1, -0.05) is 29.8 Å². The number of fused-ring (bicyclic) bond motifs is 1. The van der Waals surface area contributed by atoms with E-state index in [9.17, 15) is 18.4 Å². The number of amides is 1. The lowest BCUT2D eigenvalue weighted by Crippen LogP contribution is -2.30. The molecule has 0 bridgehead atoms. The van der Waals surface area contributed by atoms with Crippen molar-refractivity contribution in [1.82, 2.24) is 20.3 Å². The maximum Gasteiger partial charge on any atom is 0.248 e. The summed E-state index contributed by atoms with van der Waals surface area (Å²) in [6.07, 6.45) is 3.26. The summed E-state index contributed by atoms with van der Waals surface area (Å²) in [5, 5.41) is 3.45. The molecule has 1 atom stereocenters. The third-order valence-electron chi connectivity index (χ3n) is 6.11. The number of pyridine rings is 2. The van der Waals surface area contributed by atoms with E-state index >= 15 is 0 Å². The largest absolute Gasteiger partial charge is 0.360 e. The number of halogens is 3. The summed E-state index contributed by atoms with van der Waals surface area (Å²) in [6.45, 7) is 0.0399. The van der Waals surface area contributed by atoms with Crippen LogP contribution in [0, 0.1) is 11.6 Å². The number of carbonyl (C=O) groups is 1. The number of hydrogen-bond acceptors (Lipinski definition) is 3. The molecule has 0 aliphatic carbocycles. The molecular weight excluding hydrogens is 498 g/mol. The van der Waals surface area contributed by atoms with E-state index in [4.69, 9.17) is 11.6 Å². The first-order valence-corrected chi connectivity index (χ1v) is 11.9. The van der Waals surface area contributed by atoms with Gasteiger partial charge in [0.2, 0.25) is 11.5 Å². The van der Waals surface area contributed by atoms with E-state index in [1.165, 1.54) is 18.2 Å². The van der Waals surface area contributed by atoms with Gasteiger partial charge in [-0.05, 0) is 47.5 Å². The third kappa shape index (κ3) is 5.44. The minimum atomic E-state index is -0.724. The van der Waals surface area contributed by atoms with Crippen LogP contribution in [-0.2, 0) is 11.2 Å². The van der Waals surface area contributed by atoms with Crippen molar-refractivity contribution in [2.75, 3.05) is 6.54 Å². The summed E-state index contributed by atoms with van der Waals surface area (Å²) in [5.41, 5.74) is 4.07. The van der Waals surface area contributed by atoms with Gasteiger partial charge < -0.3 is 15.3 Å². The van der Waals surface area contributed by atoms with Crippen molar-refractivity contribution in [2.24, 2.45) is 0 Å². The predicted molar refractivity (Wildman–Crippen MR) is 139 cm³/mol. The van der Waals surface area contributed by atoms with Gasteiger partial charge in [-0.3, -0.25) is 14.6 Å². The van der Waals surface area contributed by atoms with Crippen LogP contribution in [0.5, 0.6) is 0 Å². The number of H-pyrrole nitrogens is 2. The summed E-state index contributed by atoms with van der Waals surface area (Å²) >= 11 is 6.05. The van der Waals surface area contributed by atoms with E-state index in [2.05, 4.69) is 20.3 Å². The molecule has 5 aromatic rings. The molecule has 0 saturated heterocycles. The molecule has 37 heavy (non-hydrogen) atoms. The van der Waals surface area contributed by atoms with Gasteiger partial charge in [0, 0.05) is 53.1 Å². The molecule has 3 N–H and O–H groups in total. The number of hydrogen-bond donors (Lipinski definition) is 3. The smallest absolute Gasteiger partial charge is 0.248 e. The lowest BCUT2D eigenvalue weighted by Gasteiger charge is -2.21. The second-order valence-electron chi connectivity index (χ2n) is 8.60. The molecule has 0 aliphatic heterocycles. The zero-order chi connectivity index (χ0) is 25.9. The van der Waals surface area contributed by atoms with Crippen molar-refractivity contribution < 1.29 is 13.6 Å². The van der Waals surface area contributed by atoms with Crippen LogP contribution in [0.25, 0.3) is 22.2 Å². The Morgan fingerprint density at radius 3 is 2.54 bits per heavy atom. The first-order chi connectivity index (χ1) is 17.9. The van der Waals surface area contributed by atoms with Gasteiger partial charge >= 0.3 is 0 Å². The van der Waals surface area contributed by atoms with Gasteiger partial charge in [0.1, 0.15) is 11.6 Å². The van der Waals surface area contributed by atoms with Gasteiger partial charge in [-0.2, -0.15) is 0 Å². The molecule has 186 valence electrons. The van der Waals surface area contributed by atoms with Gasteiger partial charge in [0.05, 0.1) is 23.1 Å². The Hall–Kier alpha value is -4.30. The van der Waals surface area contributed by atoms with E-state index < -0.39 is 17.6 Å². The second-order valence-corrected chi connectivity index (χ2v) is 9.04. The van der Waals surface area contributed by atoms with Crippen LogP contribution in [0.1, 0.15) is 22.7 Å². The van der Waals surface area contributed by atoms with E-state index in [0.717, 1.165) is 17.2 Å². The molecule has 2 aromatic carbocycles. The van der Waals surface area contributed by atoms with Crippen molar-refractivity contribution >= 4 is 28.5 Å². The van der Waals surface area contributed by atoms with E-state index in [1.54, 1.807) is 36.7 Å². The first kappa shape index (κ1) is 24.4. The zero-order valence-corrected chi connectivity index (χ0v) is 20.2. The van der Waals surface area contributed by atoms with Crippen LogP contribution in [0.15, 0.2) is 83.9 Å². The second kappa shape index (κ2) is 10.4. The highest BCUT2D eigenvalue weighted by molar-refractivity contribution is 6.30. The van der Waals surface area contributed by atoms with Gasteiger partial charge in [-0.15, -0.1) is 0 Å². The third-order valence-corrected chi connectivity index (χ3v) is 6.36. The predicted octanol–water partition coefficient (Wildman–Crippen LogP) is 5.34. The lowest BCUT2D eigenvalue weighted by atomic mass is 9.89. The monoisotopic (exact) mass is 518 g/mol. The normalized spacial score (nSPS) is 12.0. The molecule has 6 nitrogen and oxygen atoms in total. The molecule has 9 heteroatoms. The molecule has 3 heterocycles. The van der Waals surface area contributed by atoms with Crippen LogP contribution in [0.2, 0.25) is 5.02 Å². The summed E-state index contributed by atoms with van der Waals surface area (Å²) < 4.78 is 28.4. The van der Waals surface area contributed by atoms with E-state index in [0.29, 0.717) is 32.9 Å². The quantitative estimate of drug-likeness (QED) is 0.271. The maximum absolute atomic E-state index is 14.2. The highest BCUT2D eigenvalue weighted by Gasteiger charge is 2.22. The van der Waals surface area contributed by atoms with Crippen molar-refractivity contribution in [3.8, 4) is 11.1 Å². The Kier molecular flexibility index (Phi) is 6.83. The Labute approximate surface area is 215 Å². The molecular formula is C28H21ClF2N4O2. The fourth-order valence-corrected chi connectivity index (χ4v) is 4.52. The van der Waals surface area contributed by atoms with Gasteiger partial charge in [-0.25, -0.2) is 8.78 Å². The molecule has 0 spiro atoms. The SMILES string of the molecule is O=C(Cc1c[nH]c2ccc(=O)[nH]c12)NCC(c1cc(F)cc(F)c1)c1ncccc1-c1ccc(Cl)cc1. The number of rotatable bonds is 7. The summed E-state index contributed by atoms with van der Waals surface area (Å²) in [4.78, 5) is 35.0. The minimum absolute atomic E-state index is 0.00353. The van der Waals surface area contributed by atoms with Gasteiger partial charge in [0.25, 0.3) is 0 Å². The molecule has 5 rings (SSSR count). The molecule has 0 aliphatic rings. The molecule has 0 radical (unpaired) electrons. The Bertz CT molecular complexity index is 1630. The number of aromatic nitrogens is 3. The molecule has 3 aromatic heterocycles. The number of carbonyl (C=O) groups excluding carboxylic acids is 1. The average Bonchev–Trinajstić information content (AvgIpc) is 3.26. The van der Waals surface area contributed by atoms with Crippen molar-refractivity contribution in [1.29, 1.82) is 0 Å². The number of aromatic amines is 2. The van der Waals surface area contributed by atoms with Crippen LogP contribution >= 0.6 is 11.6 Å². The lowest BCUT2D eigenvalue weighted by molar-refractivity contribution is -0.120. The Morgan fingerprint density at radius 2 is 1.78 bits per heavy atom. The highest BCUT2D eigenvalue weighted by atomic mass is 35.5. The summed E-state index contributed by atoms with van der Waals surface area (Å²) in [6, 6.07) is 17.1. The standard InChI is InChI=1S/C28H21ClF2N4O2/c29-19-5-3-16(4-6-19)22-2-1-9-32-28(22)23(17-10-20(30)13-21(31)11-17)15-34-26(37)12-18-14-33-24-7-8-25(36)35-27(18)24/h1-11,13-14,23,33H,12,15H2,(H,34,37)(H,35,36). The Morgan fingerprint density at radius 1 is 1.03 bits per heavy atom. The highest BCUT2D eigenvalue weighted by Crippen LogP contribution is 2.33. The molecule has 0 saturated carbocycles. The molecule has 0 fully saturated rings. The Balaban J connectivity index is 1.46. The van der Waals surface area contributed by atoms with E-state index in [-0.39, 0.29) is 24.4 Å². The zero-order valence-electron chi connectivity index (χ0n) is 19.4. The van der Waals surface area contributed by atoms with E-state index in [1.807, 2.05) is 18.2 Å². The summed E-state index contributed by atoms with van der Waals surface area (Å²) in [5.74, 6) is -2.42. The number of benzene rings is 2. The number of nitrogens with one attached hydrogen (secondary N) is 3. The molecule has 1 amide bonds. The number of nitrogens with zero attached hydrogens (tertiary/aromatic N) is 1. The fraction of sp³-hybridized carbons (Fsp3) is 0.107. The molecule has 1 unspecified atom stereocenters. The fourth-order valence-electron chi connectivity index (χ4n) is 4.39. The van der Waals surface area contributed by atoms with Crippen molar-refractivity contribution in [2.45, 2.75) is 12.3 Å². The topological polar surface area (TPSA) is 90.6 Å². The first-order valence-electron chi connectivity index (χ1n) is 11.5. The minimum Gasteiger partial charge on any atom is -0.360 e. The maximum atomic E-state index is 14.2.